The van der Waals surface area contributed by atoms with Gasteiger partial charge in [-0.05, 0) is 65.4 Å². The molecule has 0 radical (unpaired) electrons. The first kappa shape index (κ1) is 42.6. The van der Waals surface area contributed by atoms with E-state index in [2.05, 4.69) is 0 Å². The number of aliphatic hydroxyl groups is 3. The van der Waals surface area contributed by atoms with Crippen LogP contribution in [0.3, 0.4) is 0 Å². The Labute approximate surface area is 336 Å². The standard InChI is InChI=1S/C42H55NO15/c1-8-42(51)17-28(33-22(35(42)41(50)52-7)14-23-34(38(33)49)37(48)32-21(36(23)47)10-9-11-26(32)45)56-30-15-24(43(5)6)39(19(3)54-30)58-31-16-27(46)40(20(4)55-31)57-29-13-12-25(44)18(2)53-29/h9-11,14,18-20,24-25,27-31,35,39-40,44-46,49,51H,8,12-13,15-17H2,1-7H3/t18-,19-,20-,24-,25+,27-,28-,29-,30-,31-,35-,39+,40+,42+/m0/s1. The van der Waals surface area contributed by atoms with E-state index in [9.17, 15) is 39.9 Å². The van der Waals surface area contributed by atoms with Crippen LogP contribution in [0.15, 0.2) is 24.3 Å². The second-order valence-corrected chi connectivity index (χ2v) is 16.5. The summed E-state index contributed by atoms with van der Waals surface area (Å²) in [6.45, 7) is 7.08. The number of aliphatic hydroxyl groups excluding tert-OH is 2. The molecule has 3 aliphatic heterocycles. The van der Waals surface area contributed by atoms with Crippen molar-refractivity contribution in [3.63, 3.8) is 0 Å². The Bertz CT molecular complexity index is 1890. The SMILES string of the molecule is CC[C@@]1(O)C[C@H](O[C@H]2C[C@H](N(C)C)[C@H](O[C@H]3C[C@H](O)[C@H](O[C@H]4CC[C@@H](O)[C@H](C)O4)[C@H](C)O3)[C@H](C)O2)c2c(cc3c(c2O)C(=O)c2c(O)cccc2C3=O)[C@H]1C(=O)OC. The van der Waals surface area contributed by atoms with E-state index >= 15 is 0 Å². The minimum absolute atomic E-state index is 0.0305. The van der Waals surface area contributed by atoms with E-state index in [1.54, 1.807) is 20.8 Å². The predicted molar refractivity (Wildman–Crippen MR) is 202 cm³/mol. The van der Waals surface area contributed by atoms with Gasteiger partial charge in [-0.3, -0.25) is 14.4 Å². The van der Waals surface area contributed by atoms with E-state index in [0.717, 1.165) is 0 Å². The van der Waals surface area contributed by atoms with Crippen molar-refractivity contribution in [3.8, 4) is 11.5 Å². The minimum Gasteiger partial charge on any atom is -0.507 e. The van der Waals surface area contributed by atoms with Crippen LogP contribution in [0.1, 0.15) is 121 Å². The molecule has 14 atom stereocenters. The lowest BCUT2D eigenvalue weighted by atomic mass is 9.67. The summed E-state index contributed by atoms with van der Waals surface area (Å²) in [6, 6.07) is 5.12. The van der Waals surface area contributed by atoms with Gasteiger partial charge in [-0.2, -0.15) is 0 Å². The van der Waals surface area contributed by atoms with Crippen molar-refractivity contribution in [1.82, 2.24) is 4.90 Å². The van der Waals surface area contributed by atoms with Gasteiger partial charge in [-0.15, -0.1) is 0 Å². The first-order valence-corrected chi connectivity index (χ1v) is 20.0. The van der Waals surface area contributed by atoms with Gasteiger partial charge in [0, 0.05) is 48.4 Å². The number of nitrogens with zero attached hydrogens (tertiary/aromatic N) is 1. The molecule has 16 heteroatoms. The number of hydrogen-bond acceptors (Lipinski definition) is 16. The number of ketones is 2. The van der Waals surface area contributed by atoms with Crippen LogP contribution < -0.4 is 0 Å². The van der Waals surface area contributed by atoms with Crippen LogP contribution in [0.2, 0.25) is 0 Å². The number of aromatic hydroxyl groups is 2. The van der Waals surface area contributed by atoms with Gasteiger partial charge in [0.25, 0.3) is 0 Å². The Morgan fingerprint density at radius 3 is 2.14 bits per heavy atom. The van der Waals surface area contributed by atoms with Gasteiger partial charge in [-0.1, -0.05) is 19.1 Å². The monoisotopic (exact) mass is 813 g/mol. The second-order valence-electron chi connectivity index (χ2n) is 16.5. The van der Waals surface area contributed by atoms with Crippen molar-refractivity contribution < 1.29 is 73.1 Å². The van der Waals surface area contributed by atoms with E-state index in [-0.39, 0.29) is 65.1 Å². The summed E-state index contributed by atoms with van der Waals surface area (Å²) in [4.78, 5) is 43.1. The molecule has 318 valence electrons. The number of carbonyl (C=O) groups excluding carboxylic acids is 3. The number of esters is 1. The number of phenolic OH excluding ortho intramolecular Hbond substituents is 2. The molecule has 0 aromatic heterocycles. The Morgan fingerprint density at radius 1 is 0.845 bits per heavy atom. The van der Waals surface area contributed by atoms with Gasteiger partial charge in [0.2, 0.25) is 5.78 Å². The maximum atomic E-state index is 13.9. The number of ether oxygens (including phenoxy) is 7. The fraction of sp³-hybridized carbons (Fsp3) is 0.643. The number of likely N-dealkylation sites (N-methyl/N-ethyl adjacent to an activating group) is 1. The third-order valence-corrected chi connectivity index (χ3v) is 12.6. The Morgan fingerprint density at radius 2 is 1.50 bits per heavy atom. The molecule has 7 rings (SSSR count). The Hall–Kier alpha value is -3.55. The Kier molecular flexibility index (Phi) is 12.1. The molecule has 5 aliphatic rings. The number of hydrogen-bond donors (Lipinski definition) is 5. The van der Waals surface area contributed by atoms with E-state index in [0.29, 0.717) is 12.8 Å². The molecule has 3 fully saturated rings. The van der Waals surface area contributed by atoms with Crippen LogP contribution in [0.4, 0.5) is 0 Å². The van der Waals surface area contributed by atoms with Crippen molar-refractivity contribution >= 4 is 17.5 Å². The molecule has 16 nitrogen and oxygen atoms in total. The molecule has 5 N–H and O–H groups in total. The highest BCUT2D eigenvalue weighted by molar-refractivity contribution is 6.30. The van der Waals surface area contributed by atoms with Crippen LogP contribution in [0.5, 0.6) is 11.5 Å². The van der Waals surface area contributed by atoms with Crippen molar-refractivity contribution in [3.05, 3.63) is 57.6 Å². The predicted octanol–water partition coefficient (Wildman–Crippen LogP) is 2.95. The maximum Gasteiger partial charge on any atom is 0.316 e. The number of fused-ring (bicyclic) bond motifs is 3. The average molecular weight is 814 g/mol. The normalized spacial score (nSPS) is 37.5. The second kappa shape index (κ2) is 16.5. The fourth-order valence-electron chi connectivity index (χ4n) is 9.38. The summed E-state index contributed by atoms with van der Waals surface area (Å²) in [6.07, 6.45) is -6.52. The van der Waals surface area contributed by atoms with Crippen LogP contribution in [0.25, 0.3) is 0 Å². The fourth-order valence-corrected chi connectivity index (χ4v) is 9.38. The lowest BCUT2D eigenvalue weighted by Crippen LogP contribution is -2.58. The van der Waals surface area contributed by atoms with Gasteiger partial charge in [0.05, 0.1) is 60.5 Å². The number of rotatable bonds is 9. The van der Waals surface area contributed by atoms with Crippen LogP contribution >= 0.6 is 0 Å². The number of carbonyl (C=O) groups is 3. The molecule has 0 bridgehead atoms. The summed E-state index contributed by atoms with van der Waals surface area (Å²) in [5, 5.41) is 55.9. The van der Waals surface area contributed by atoms with Crippen LogP contribution in [-0.4, -0.2) is 142 Å². The highest BCUT2D eigenvalue weighted by Crippen LogP contribution is 2.54. The summed E-state index contributed by atoms with van der Waals surface area (Å²) >= 11 is 0. The summed E-state index contributed by atoms with van der Waals surface area (Å²) in [5.74, 6) is -4.58. The van der Waals surface area contributed by atoms with Crippen molar-refractivity contribution in [2.45, 2.75) is 151 Å². The zero-order chi connectivity index (χ0) is 42.0. The van der Waals surface area contributed by atoms with Gasteiger partial charge in [0.15, 0.2) is 24.7 Å². The van der Waals surface area contributed by atoms with Gasteiger partial charge < -0.3 is 63.6 Å². The van der Waals surface area contributed by atoms with E-state index in [1.165, 1.54) is 31.4 Å². The summed E-state index contributed by atoms with van der Waals surface area (Å²) in [5.41, 5.74) is -2.47. The molecule has 3 heterocycles. The molecule has 0 amide bonds. The van der Waals surface area contributed by atoms with E-state index in [1.807, 2.05) is 25.9 Å². The van der Waals surface area contributed by atoms with Crippen LogP contribution in [-0.2, 0) is 38.0 Å². The van der Waals surface area contributed by atoms with Gasteiger partial charge in [-0.25, -0.2) is 0 Å². The highest BCUT2D eigenvalue weighted by Gasteiger charge is 2.53. The topological polar surface area (TPSA) is 220 Å². The molecule has 58 heavy (non-hydrogen) atoms. The quantitative estimate of drug-likeness (QED) is 0.196. The zero-order valence-electron chi connectivity index (χ0n) is 33.8. The molecule has 2 aromatic rings. The number of phenols is 2. The lowest BCUT2D eigenvalue weighted by molar-refractivity contribution is -0.328. The first-order chi connectivity index (χ1) is 27.5. The highest BCUT2D eigenvalue weighted by atomic mass is 16.7. The third kappa shape index (κ3) is 7.57. The van der Waals surface area contributed by atoms with E-state index < -0.39 is 108 Å². The minimum atomic E-state index is -1.75. The number of benzene rings is 2. The maximum absolute atomic E-state index is 13.9. The molecule has 0 spiro atoms. The number of methoxy groups -OCH3 is 1. The molecule has 0 saturated carbocycles. The zero-order valence-corrected chi connectivity index (χ0v) is 33.8. The van der Waals surface area contributed by atoms with Crippen molar-refractivity contribution in [2.75, 3.05) is 21.2 Å². The lowest BCUT2D eigenvalue weighted by Gasteiger charge is -2.48. The van der Waals surface area contributed by atoms with E-state index in [4.69, 9.17) is 33.2 Å². The summed E-state index contributed by atoms with van der Waals surface area (Å²) in [7, 11) is 4.93. The molecule has 2 aromatic carbocycles. The first-order valence-electron chi connectivity index (χ1n) is 20.0. The summed E-state index contributed by atoms with van der Waals surface area (Å²) < 4.78 is 42.8. The molecule has 0 unspecified atom stereocenters. The molecule has 3 saturated heterocycles. The van der Waals surface area contributed by atoms with Gasteiger partial charge in [0.1, 0.15) is 29.6 Å². The van der Waals surface area contributed by atoms with Crippen molar-refractivity contribution in [2.24, 2.45) is 0 Å². The third-order valence-electron chi connectivity index (χ3n) is 12.6. The Balaban J connectivity index is 1.13. The molecular formula is C42H55NO15. The largest absolute Gasteiger partial charge is 0.507 e. The molecule has 2 aliphatic carbocycles. The molecular weight excluding hydrogens is 758 g/mol. The average Bonchev–Trinajstić information content (AvgIpc) is 3.17. The van der Waals surface area contributed by atoms with Crippen LogP contribution in [0, 0.1) is 0 Å². The van der Waals surface area contributed by atoms with Gasteiger partial charge >= 0.3 is 5.97 Å². The smallest absolute Gasteiger partial charge is 0.316 e. The van der Waals surface area contributed by atoms with Crippen molar-refractivity contribution in [1.29, 1.82) is 0 Å².